The monoisotopic (exact) mass is 329 g/mol. The average molecular weight is 329 g/mol. The van der Waals surface area contributed by atoms with Crippen LogP contribution in [0.15, 0.2) is 42.5 Å². The van der Waals surface area contributed by atoms with E-state index >= 15 is 0 Å². The summed E-state index contributed by atoms with van der Waals surface area (Å²) in [5.41, 5.74) is 1.26. The molecule has 24 heavy (non-hydrogen) atoms. The summed E-state index contributed by atoms with van der Waals surface area (Å²) in [5, 5.41) is 0. The molecule has 126 valence electrons. The number of anilines is 1. The van der Waals surface area contributed by atoms with Crippen molar-refractivity contribution in [3.8, 4) is 11.5 Å². The minimum absolute atomic E-state index is 0.123. The van der Waals surface area contributed by atoms with Gasteiger partial charge in [-0.2, -0.15) is 0 Å². The predicted molar refractivity (Wildman–Crippen MR) is 90.2 cm³/mol. The molecular formula is C19H20FNO3. The van der Waals surface area contributed by atoms with Crippen LogP contribution in [0.3, 0.4) is 0 Å². The van der Waals surface area contributed by atoms with Crippen LogP contribution in [0.5, 0.6) is 11.5 Å². The number of halogens is 1. The van der Waals surface area contributed by atoms with Crippen LogP contribution in [0.2, 0.25) is 0 Å². The topological polar surface area (TPSA) is 38.8 Å². The lowest BCUT2D eigenvalue weighted by Gasteiger charge is -2.29. The largest absolute Gasteiger partial charge is 0.494 e. The number of nitrogens with zero attached hydrogens (tertiary/aromatic N) is 1. The van der Waals surface area contributed by atoms with Gasteiger partial charge in [-0.1, -0.05) is 12.1 Å². The summed E-state index contributed by atoms with van der Waals surface area (Å²) in [5.74, 6) is 0.734. The first-order chi connectivity index (χ1) is 11.7. The van der Waals surface area contributed by atoms with E-state index in [0.717, 1.165) is 24.2 Å². The van der Waals surface area contributed by atoms with Gasteiger partial charge in [-0.3, -0.25) is 4.79 Å². The quantitative estimate of drug-likeness (QED) is 0.841. The Morgan fingerprint density at radius 3 is 2.54 bits per heavy atom. The molecule has 0 fully saturated rings. The lowest BCUT2D eigenvalue weighted by Crippen LogP contribution is -2.39. The Balaban J connectivity index is 1.66. The van der Waals surface area contributed by atoms with Crippen molar-refractivity contribution >= 4 is 11.6 Å². The molecule has 1 aliphatic rings. The fraction of sp³-hybridized carbons (Fsp3) is 0.316. The lowest BCUT2D eigenvalue weighted by molar-refractivity contribution is -0.120. The van der Waals surface area contributed by atoms with Gasteiger partial charge >= 0.3 is 0 Å². The van der Waals surface area contributed by atoms with Crippen LogP contribution in [-0.2, 0) is 11.2 Å². The van der Waals surface area contributed by atoms with E-state index in [1.165, 1.54) is 11.0 Å². The molecule has 1 aliphatic heterocycles. The van der Waals surface area contributed by atoms with Gasteiger partial charge in [0.1, 0.15) is 17.3 Å². The first kappa shape index (κ1) is 16.3. The van der Waals surface area contributed by atoms with Gasteiger partial charge in [0, 0.05) is 6.54 Å². The maximum atomic E-state index is 14.1. The van der Waals surface area contributed by atoms with Gasteiger partial charge < -0.3 is 14.4 Å². The smallest absolute Gasteiger partial charge is 0.265 e. The molecule has 0 spiro atoms. The molecule has 0 saturated heterocycles. The van der Waals surface area contributed by atoms with Crippen molar-refractivity contribution in [2.75, 3.05) is 24.7 Å². The van der Waals surface area contributed by atoms with Crippen LogP contribution in [0.25, 0.3) is 0 Å². The summed E-state index contributed by atoms with van der Waals surface area (Å²) >= 11 is 0. The fourth-order valence-electron chi connectivity index (χ4n) is 2.87. The van der Waals surface area contributed by atoms with E-state index in [-0.39, 0.29) is 18.3 Å². The van der Waals surface area contributed by atoms with E-state index in [1.54, 1.807) is 30.3 Å². The van der Waals surface area contributed by atoms with Crippen molar-refractivity contribution in [3.05, 3.63) is 53.8 Å². The molecule has 5 heteroatoms. The zero-order valence-electron chi connectivity index (χ0n) is 13.6. The van der Waals surface area contributed by atoms with Gasteiger partial charge in [0.2, 0.25) is 0 Å². The van der Waals surface area contributed by atoms with Gasteiger partial charge in [0.05, 0.1) is 12.3 Å². The Hall–Kier alpha value is -2.56. The summed E-state index contributed by atoms with van der Waals surface area (Å²) < 4.78 is 25.0. The van der Waals surface area contributed by atoms with Gasteiger partial charge in [0.25, 0.3) is 5.91 Å². The van der Waals surface area contributed by atoms with E-state index < -0.39 is 0 Å². The summed E-state index contributed by atoms with van der Waals surface area (Å²) in [4.78, 5) is 14.0. The highest BCUT2D eigenvalue weighted by Crippen LogP contribution is 2.30. The number of rotatable bonds is 5. The number of carbonyl (C=O) groups excluding carboxylic acids is 1. The Morgan fingerprint density at radius 2 is 1.83 bits per heavy atom. The summed E-state index contributed by atoms with van der Waals surface area (Å²) in [7, 11) is 0. The lowest BCUT2D eigenvalue weighted by atomic mass is 10.0. The van der Waals surface area contributed by atoms with Gasteiger partial charge in [-0.25, -0.2) is 4.39 Å². The Labute approximate surface area is 140 Å². The summed E-state index contributed by atoms with van der Waals surface area (Å²) in [6.45, 7) is 2.90. The molecule has 1 heterocycles. The second-order valence-electron chi connectivity index (χ2n) is 5.59. The van der Waals surface area contributed by atoms with Crippen molar-refractivity contribution in [2.24, 2.45) is 0 Å². The third kappa shape index (κ3) is 3.50. The first-order valence-corrected chi connectivity index (χ1v) is 8.12. The molecule has 4 nitrogen and oxygen atoms in total. The molecule has 0 radical (unpaired) electrons. The highest BCUT2D eigenvalue weighted by atomic mass is 19.1. The van der Waals surface area contributed by atoms with E-state index in [9.17, 15) is 9.18 Å². The number of fused-ring (bicyclic) bond motifs is 1. The van der Waals surface area contributed by atoms with E-state index in [0.29, 0.717) is 24.6 Å². The molecule has 0 aliphatic carbocycles. The van der Waals surface area contributed by atoms with Crippen molar-refractivity contribution in [1.82, 2.24) is 0 Å². The predicted octanol–water partition coefficient (Wildman–Crippen LogP) is 3.58. The number of hydrogen-bond acceptors (Lipinski definition) is 3. The van der Waals surface area contributed by atoms with Gasteiger partial charge in [-0.15, -0.1) is 0 Å². The number of para-hydroxylation sites is 1. The van der Waals surface area contributed by atoms with Crippen LogP contribution in [0.4, 0.5) is 10.1 Å². The maximum absolute atomic E-state index is 14.1. The molecule has 0 saturated carbocycles. The fourth-order valence-corrected chi connectivity index (χ4v) is 2.87. The number of benzene rings is 2. The second kappa shape index (κ2) is 7.34. The normalized spacial score (nSPS) is 13.3. The molecule has 0 atom stereocenters. The van der Waals surface area contributed by atoms with Crippen LogP contribution in [-0.4, -0.2) is 25.7 Å². The Bertz CT molecular complexity index is 715. The number of ether oxygens (including phenoxy) is 2. The first-order valence-electron chi connectivity index (χ1n) is 8.12. The van der Waals surface area contributed by atoms with E-state index in [1.807, 2.05) is 13.0 Å². The molecule has 3 rings (SSSR count). The standard InChI is InChI=1S/C19H20FNO3/c1-2-23-15-8-10-16(11-9-15)24-13-18(22)21-12-4-6-14-5-3-7-17(20)19(14)21/h3,5,7-11H,2,4,6,12-13H2,1H3. The zero-order chi connectivity index (χ0) is 16.9. The molecule has 2 aromatic rings. The minimum atomic E-state index is -0.360. The molecule has 0 bridgehead atoms. The van der Waals surface area contributed by atoms with Crippen LogP contribution < -0.4 is 14.4 Å². The van der Waals surface area contributed by atoms with Crippen LogP contribution in [0, 0.1) is 5.82 Å². The van der Waals surface area contributed by atoms with E-state index in [2.05, 4.69) is 0 Å². The Morgan fingerprint density at radius 1 is 1.12 bits per heavy atom. The number of carbonyl (C=O) groups is 1. The zero-order valence-corrected chi connectivity index (χ0v) is 13.6. The SMILES string of the molecule is CCOc1ccc(OCC(=O)N2CCCc3cccc(F)c32)cc1. The van der Waals surface area contributed by atoms with Gasteiger partial charge in [-0.05, 0) is 55.7 Å². The molecule has 0 N–H and O–H groups in total. The highest BCUT2D eigenvalue weighted by molar-refractivity contribution is 5.95. The third-order valence-corrected chi connectivity index (χ3v) is 3.97. The molecule has 2 aromatic carbocycles. The number of aryl methyl sites for hydroxylation is 1. The van der Waals surface area contributed by atoms with Crippen molar-refractivity contribution in [3.63, 3.8) is 0 Å². The van der Waals surface area contributed by atoms with Crippen LogP contribution in [0.1, 0.15) is 18.9 Å². The third-order valence-electron chi connectivity index (χ3n) is 3.97. The van der Waals surface area contributed by atoms with Gasteiger partial charge in [0.15, 0.2) is 6.61 Å². The number of hydrogen-bond donors (Lipinski definition) is 0. The number of amides is 1. The molecule has 0 aromatic heterocycles. The van der Waals surface area contributed by atoms with E-state index in [4.69, 9.17) is 9.47 Å². The van der Waals surface area contributed by atoms with Crippen molar-refractivity contribution < 1.29 is 18.7 Å². The van der Waals surface area contributed by atoms with Crippen LogP contribution >= 0.6 is 0 Å². The Kier molecular flexibility index (Phi) is 4.99. The summed E-state index contributed by atoms with van der Waals surface area (Å²) in [6, 6.07) is 12.0. The maximum Gasteiger partial charge on any atom is 0.265 e. The molecule has 0 unspecified atom stereocenters. The minimum Gasteiger partial charge on any atom is -0.494 e. The summed E-state index contributed by atoms with van der Waals surface area (Å²) in [6.07, 6.45) is 1.61. The highest BCUT2D eigenvalue weighted by Gasteiger charge is 2.25. The van der Waals surface area contributed by atoms with Crippen molar-refractivity contribution in [1.29, 1.82) is 0 Å². The van der Waals surface area contributed by atoms with Crippen molar-refractivity contribution in [2.45, 2.75) is 19.8 Å². The average Bonchev–Trinajstić information content (AvgIpc) is 2.61. The molecular weight excluding hydrogens is 309 g/mol. The second-order valence-corrected chi connectivity index (χ2v) is 5.59. The molecule has 1 amide bonds.